The van der Waals surface area contributed by atoms with Gasteiger partial charge in [-0.3, -0.25) is 14.7 Å². The van der Waals surface area contributed by atoms with Crippen molar-refractivity contribution in [1.82, 2.24) is 14.3 Å². The predicted molar refractivity (Wildman–Crippen MR) is 140 cm³/mol. The van der Waals surface area contributed by atoms with Gasteiger partial charge in [-0.25, -0.2) is 13.4 Å². The second-order valence-electron chi connectivity index (χ2n) is 8.78. The van der Waals surface area contributed by atoms with Crippen molar-refractivity contribution in [2.45, 2.75) is 37.4 Å². The molecule has 3 aromatic heterocycles. The van der Waals surface area contributed by atoms with E-state index in [-0.39, 0.29) is 19.0 Å². The zero-order valence-electron chi connectivity index (χ0n) is 19.5. The van der Waals surface area contributed by atoms with Gasteiger partial charge in [0, 0.05) is 19.3 Å². The molecule has 10 heteroatoms. The van der Waals surface area contributed by atoms with Crippen molar-refractivity contribution in [3.8, 4) is 0 Å². The van der Waals surface area contributed by atoms with Crippen LogP contribution in [0.2, 0.25) is 0 Å². The minimum atomic E-state index is -3.61. The first-order valence-electron chi connectivity index (χ1n) is 11.5. The highest BCUT2D eigenvalue weighted by Gasteiger charge is 2.36. The van der Waals surface area contributed by atoms with E-state index in [1.807, 2.05) is 24.3 Å². The molecule has 182 valence electrons. The summed E-state index contributed by atoms with van der Waals surface area (Å²) in [4.78, 5) is 24.8. The van der Waals surface area contributed by atoms with Gasteiger partial charge in [-0.05, 0) is 73.5 Å². The van der Waals surface area contributed by atoms with Gasteiger partial charge in [-0.15, -0.1) is 11.3 Å². The molecule has 0 N–H and O–H groups in total. The maximum atomic E-state index is 13.9. The van der Waals surface area contributed by atoms with E-state index in [2.05, 4.69) is 24.9 Å². The van der Waals surface area contributed by atoms with E-state index in [1.165, 1.54) is 32.5 Å². The van der Waals surface area contributed by atoms with E-state index >= 15 is 0 Å². The molecule has 35 heavy (non-hydrogen) atoms. The number of amides is 1. The fourth-order valence-electron chi connectivity index (χ4n) is 4.30. The smallest absolute Gasteiger partial charge is 0.252 e. The molecule has 1 aliphatic heterocycles. The van der Waals surface area contributed by atoms with Crippen molar-refractivity contribution in [3.05, 3.63) is 70.9 Å². The molecule has 1 atom stereocenters. The fraction of sp³-hybridized carbons (Fsp3) is 0.320. The third-order valence-corrected chi connectivity index (χ3v) is 10.6. The average molecular weight is 527 g/mol. The van der Waals surface area contributed by atoms with Gasteiger partial charge in [0.2, 0.25) is 5.91 Å². The van der Waals surface area contributed by atoms with Gasteiger partial charge in [0.25, 0.3) is 10.0 Å². The standard InChI is InChI=1S/C25H26N4O3S3/c1-17-13-21-22(14-18(17)2)34-25(27-21)29(16-20-8-3-4-10-26-20)24(30)19-7-5-11-28(15-19)35(31,32)23-9-6-12-33-23/h3-4,6,8-10,12-14,19H,5,7,11,15-16H2,1-2H3. The summed E-state index contributed by atoms with van der Waals surface area (Å²) in [5, 5.41) is 2.36. The molecular formula is C25H26N4O3S3. The van der Waals surface area contributed by atoms with Gasteiger partial charge in [-0.2, -0.15) is 4.31 Å². The molecule has 1 saturated heterocycles. The molecule has 4 heterocycles. The van der Waals surface area contributed by atoms with Crippen LogP contribution in [-0.4, -0.2) is 41.7 Å². The molecule has 1 aliphatic rings. The van der Waals surface area contributed by atoms with Crippen molar-refractivity contribution in [3.63, 3.8) is 0 Å². The van der Waals surface area contributed by atoms with Crippen LogP contribution in [0.1, 0.15) is 29.7 Å². The van der Waals surface area contributed by atoms with Crippen LogP contribution < -0.4 is 4.90 Å². The Bertz CT molecular complexity index is 1410. The van der Waals surface area contributed by atoms with Crippen molar-refractivity contribution in [2.75, 3.05) is 18.0 Å². The number of aryl methyl sites for hydroxylation is 2. The van der Waals surface area contributed by atoms with Gasteiger partial charge in [-0.1, -0.05) is 23.5 Å². The van der Waals surface area contributed by atoms with Gasteiger partial charge in [0.1, 0.15) is 4.21 Å². The molecular weight excluding hydrogens is 501 g/mol. The second kappa shape index (κ2) is 9.77. The number of thiazole rings is 1. The van der Waals surface area contributed by atoms with Gasteiger partial charge >= 0.3 is 0 Å². The highest BCUT2D eigenvalue weighted by atomic mass is 32.2. The molecule has 4 aromatic rings. The summed E-state index contributed by atoms with van der Waals surface area (Å²) in [6.45, 7) is 4.99. The minimum absolute atomic E-state index is 0.116. The molecule has 1 fully saturated rings. The molecule has 7 nitrogen and oxygen atoms in total. The fourth-order valence-corrected chi connectivity index (χ4v) is 8.02. The maximum absolute atomic E-state index is 13.9. The van der Waals surface area contributed by atoms with Gasteiger partial charge in [0.05, 0.1) is 28.4 Å². The molecule has 1 unspecified atom stereocenters. The van der Waals surface area contributed by atoms with E-state index in [4.69, 9.17) is 4.98 Å². The lowest BCUT2D eigenvalue weighted by molar-refractivity contribution is -0.123. The van der Waals surface area contributed by atoms with E-state index in [0.717, 1.165) is 21.5 Å². The van der Waals surface area contributed by atoms with Crippen molar-refractivity contribution in [1.29, 1.82) is 0 Å². The molecule has 0 radical (unpaired) electrons. The van der Waals surface area contributed by atoms with Crippen LogP contribution >= 0.6 is 22.7 Å². The highest BCUT2D eigenvalue weighted by molar-refractivity contribution is 7.91. The third kappa shape index (κ3) is 4.88. The number of aromatic nitrogens is 2. The zero-order chi connectivity index (χ0) is 24.6. The van der Waals surface area contributed by atoms with Crippen LogP contribution in [0.4, 0.5) is 5.13 Å². The molecule has 1 aromatic carbocycles. The Balaban J connectivity index is 1.47. The first-order valence-corrected chi connectivity index (χ1v) is 14.6. The van der Waals surface area contributed by atoms with Crippen molar-refractivity contribution in [2.24, 2.45) is 5.92 Å². The lowest BCUT2D eigenvalue weighted by Crippen LogP contribution is -2.46. The van der Waals surface area contributed by atoms with Crippen molar-refractivity contribution >= 4 is 54.0 Å². The third-order valence-electron chi connectivity index (χ3n) is 6.36. The molecule has 0 aliphatic carbocycles. The number of hydrogen-bond donors (Lipinski definition) is 0. The second-order valence-corrected chi connectivity index (χ2v) is 12.9. The predicted octanol–water partition coefficient (Wildman–Crippen LogP) is 5.00. The van der Waals surface area contributed by atoms with Crippen LogP contribution in [0.25, 0.3) is 10.2 Å². The van der Waals surface area contributed by atoms with Gasteiger partial charge < -0.3 is 0 Å². The van der Waals surface area contributed by atoms with E-state index < -0.39 is 15.9 Å². The number of pyridine rings is 1. The Labute approximate surface area is 213 Å². The summed E-state index contributed by atoms with van der Waals surface area (Å²) in [7, 11) is -3.61. The summed E-state index contributed by atoms with van der Waals surface area (Å²) in [5.41, 5.74) is 3.94. The Kier molecular flexibility index (Phi) is 6.71. The molecule has 0 bridgehead atoms. The number of benzene rings is 1. The number of piperidine rings is 1. The van der Waals surface area contributed by atoms with E-state index in [1.54, 1.807) is 28.6 Å². The largest absolute Gasteiger partial charge is 0.282 e. The Morgan fingerprint density at radius 1 is 1.17 bits per heavy atom. The number of rotatable bonds is 6. The van der Waals surface area contributed by atoms with E-state index in [9.17, 15) is 13.2 Å². The number of fused-ring (bicyclic) bond motifs is 1. The summed E-state index contributed by atoms with van der Waals surface area (Å²) >= 11 is 2.68. The SMILES string of the molecule is Cc1cc2nc(N(Cc3ccccn3)C(=O)C3CCCN(S(=O)(=O)c4cccs4)C3)sc2cc1C. The van der Waals surface area contributed by atoms with Crippen LogP contribution in [0, 0.1) is 19.8 Å². The van der Waals surface area contributed by atoms with Crippen LogP contribution in [0.15, 0.2) is 58.3 Å². The monoisotopic (exact) mass is 526 g/mol. The quantitative estimate of drug-likeness (QED) is 0.353. The Morgan fingerprint density at radius 3 is 2.74 bits per heavy atom. The first kappa shape index (κ1) is 24.1. The zero-order valence-corrected chi connectivity index (χ0v) is 22.0. The highest BCUT2D eigenvalue weighted by Crippen LogP contribution is 2.34. The molecule has 0 saturated carbocycles. The molecule has 0 spiro atoms. The number of nitrogens with zero attached hydrogens (tertiary/aromatic N) is 4. The number of anilines is 1. The molecule has 5 rings (SSSR count). The van der Waals surface area contributed by atoms with Crippen LogP contribution in [0.3, 0.4) is 0 Å². The molecule has 1 amide bonds. The normalized spacial score (nSPS) is 17.0. The number of carbonyl (C=O) groups is 1. The Morgan fingerprint density at radius 2 is 2.00 bits per heavy atom. The van der Waals surface area contributed by atoms with Crippen LogP contribution in [-0.2, 0) is 21.4 Å². The lowest BCUT2D eigenvalue weighted by Gasteiger charge is -2.33. The van der Waals surface area contributed by atoms with Gasteiger partial charge in [0.15, 0.2) is 5.13 Å². The lowest BCUT2D eigenvalue weighted by atomic mass is 9.98. The number of thiophene rings is 1. The summed E-state index contributed by atoms with van der Waals surface area (Å²) in [6.07, 6.45) is 2.98. The topological polar surface area (TPSA) is 83.5 Å². The Hall–Kier alpha value is -2.66. The number of sulfonamides is 1. The average Bonchev–Trinajstić information content (AvgIpc) is 3.54. The summed E-state index contributed by atoms with van der Waals surface area (Å²) in [6, 6.07) is 13.1. The van der Waals surface area contributed by atoms with Crippen molar-refractivity contribution < 1.29 is 13.2 Å². The van der Waals surface area contributed by atoms with Crippen LogP contribution in [0.5, 0.6) is 0 Å². The maximum Gasteiger partial charge on any atom is 0.252 e. The number of hydrogen-bond acceptors (Lipinski definition) is 7. The number of carbonyl (C=O) groups excluding carboxylic acids is 1. The first-order chi connectivity index (χ1) is 16.8. The van der Waals surface area contributed by atoms with E-state index in [0.29, 0.717) is 28.7 Å². The minimum Gasteiger partial charge on any atom is -0.282 e. The summed E-state index contributed by atoms with van der Waals surface area (Å²) < 4.78 is 29.0. The summed E-state index contributed by atoms with van der Waals surface area (Å²) in [5.74, 6) is -0.563.